The molecule has 3 nitrogen and oxygen atoms in total. The highest BCUT2D eigenvalue weighted by Crippen LogP contribution is 2.44. The van der Waals surface area contributed by atoms with E-state index in [2.05, 4.69) is 33.5 Å². The highest BCUT2D eigenvalue weighted by molar-refractivity contribution is 9.10. The standard InChI is InChI=1S/C15H20BrClN2OS/c16-12-7-10(1-2-13(12)17)14(19-18)11-3-5-20-15(8-11)4-6-21-9-15/h1-2,7,11,14,19H,3-6,8-9,18H2. The van der Waals surface area contributed by atoms with Crippen molar-refractivity contribution in [2.45, 2.75) is 30.9 Å². The average molecular weight is 392 g/mol. The normalized spacial score (nSPS) is 30.7. The van der Waals surface area contributed by atoms with E-state index in [9.17, 15) is 0 Å². The molecule has 1 aromatic carbocycles. The van der Waals surface area contributed by atoms with Crippen molar-refractivity contribution in [2.24, 2.45) is 11.8 Å². The summed E-state index contributed by atoms with van der Waals surface area (Å²) in [5.41, 5.74) is 4.27. The minimum atomic E-state index is 0.0757. The van der Waals surface area contributed by atoms with Crippen LogP contribution < -0.4 is 11.3 Å². The first kappa shape index (κ1) is 16.1. The monoisotopic (exact) mass is 390 g/mol. The molecule has 2 fully saturated rings. The summed E-state index contributed by atoms with van der Waals surface area (Å²) < 4.78 is 7.03. The Morgan fingerprint density at radius 1 is 1.52 bits per heavy atom. The molecule has 2 heterocycles. The van der Waals surface area contributed by atoms with Crippen molar-refractivity contribution in [1.29, 1.82) is 0 Å². The lowest BCUT2D eigenvalue weighted by Crippen LogP contribution is -2.45. The Morgan fingerprint density at radius 2 is 2.38 bits per heavy atom. The maximum Gasteiger partial charge on any atom is 0.0783 e. The van der Waals surface area contributed by atoms with Crippen molar-refractivity contribution in [3.8, 4) is 0 Å². The summed E-state index contributed by atoms with van der Waals surface area (Å²) in [6.07, 6.45) is 3.28. The predicted octanol–water partition coefficient (Wildman–Crippen LogP) is 3.91. The third kappa shape index (κ3) is 3.43. The molecule has 3 rings (SSSR count). The molecule has 1 spiro atoms. The highest BCUT2D eigenvalue weighted by atomic mass is 79.9. The third-order valence-electron chi connectivity index (χ3n) is 4.55. The molecule has 2 saturated heterocycles. The first-order chi connectivity index (χ1) is 10.1. The van der Waals surface area contributed by atoms with Gasteiger partial charge in [-0.15, -0.1) is 0 Å². The van der Waals surface area contributed by atoms with E-state index in [1.54, 1.807) is 0 Å². The summed E-state index contributed by atoms with van der Waals surface area (Å²) >= 11 is 11.6. The van der Waals surface area contributed by atoms with E-state index in [-0.39, 0.29) is 11.6 Å². The number of rotatable bonds is 3. The summed E-state index contributed by atoms with van der Waals surface area (Å²) in [6, 6.07) is 6.19. The van der Waals surface area contributed by atoms with Crippen molar-refractivity contribution in [3.63, 3.8) is 0 Å². The molecule has 3 N–H and O–H groups in total. The van der Waals surface area contributed by atoms with Crippen LogP contribution in [-0.2, 0) is 4.74 Å². The maximum atomic E-state index is 6.11. The molecular formula is C15H20BrClN2OS. The van der Waals surface area contributed by atoms with Crippen LogP contribution in [0, 0.1) is 5.92 Å². The Bertz CT molecular complexity index is 510. The number of hydrogen-bond acceptors (Lipinski definition) is 4. The van der Waals surface area contributed by atoms with Crippen LogP contribution in [-0.4, -0.2) is 23.7 Å². The minimum Gasteiger partial charge on any atom is -0.374 e. The topological polar surface area (TPSA) is 47.3 Å². The molecule has 2 aliphatic heterocycles. The maximum absolute atomic E-state index is 6.11. The Kier molecular flexibility index (Phi) is 5.19. The zero-order valence-corrected chi connectivity index (χ0v) is 14.9. The number of thioether (sulfide) groups is 1. The second-order valence-electron chi connectivity index (χ2n) is 5.90. The van der Waals surface area contributed by atoms with Gasteiger partial charge in [0, 0.05) is 22.9 Å². The highest BCUT2D eigenvalue weighted by Gasteiger charge is 2.42. The molecule has 0 radical (unpaired) electrons. The van der Waals surface area contributed by atoms with Gasteiger partial charge in [0.1, 0.15) is 0 Å². The molecule has 116 valence electrons. The van der Waals surface area contributed by atoms with E-state index in [4.69, 9.17) is 22.2 Å². The Morgan fingerprint density at radius 3 is 3.05 bits per heavy atom. The molecule has 0 saturated carbocycles. The van der Waals surface area contributed by atoms with E-state index < -0.39 is 0 Å². The Labute approximate surface area is 143 Å². The molecule has 2 aliphatic rings. The zero-order valence-electron chi connectivity index (χ0n) is 11.8. The van der Waals surface area contributed by atoms with Gasteiger partial charge in [0.2, 0.25) is 0 Å². The predicted molar refractivity (Wildman–Crippen MR) is 92.6 cm³/mol. The number of nitrogens with two attached hydrogens (primary N) is 1. The molecule has 3 unspecified atom stereocenters. The lowest BCUT2D eigenvalue weighted by Gasteiger charge is -2.41. The molecule has 21 heavy (non-hydrogen) atoms. The van der Waals surface area contributed by atoms with Crippen molar-refractivity contribution in [1.82, 2.24) is 5.43 Å². The fraction of sp³-hybridized carbons (Fsp3) is 0.600. The van der Waals surface area contributed by atoms with Gasteiger partial charge >= 0.3 is 0 Å². The van der Waals surface area contributed by atoms with Crippen molar-refractivity contribution in [2.75, 3.05) is 18.1 Å². The van der Waals surface area contributed by atoms with Gasteiger partial charge in [-0.1, -0.05) is 17.7 Å². The van der Waals surface area contributed by atoms with Crippen LogP contribution in [0.3, 0.4) is 0 Å². The summed E-state index contributed by atoms with van der Waals surface area (Å²) in [5.74, 6) is 8.69. The summed E-state index contributed by atoms with van der Waals surface area (Å²) in [7, 11) is 0. The first-order valence-corrected chi connectivity index (χ1v) is 9.59. The quantitative estimate of drug-likeness (QED) is 0.606. The van der Waals surface area contributed by atoms with Crippen LogP contribution in [0.5, 0.6) is 0 Å². The molecular weight excluding hydrogens is 372 g/mol. The lowest BCUT2D eigenvalue weighted by atomic mass is 9.79. The van der Waals surface area contributed by atoms with Crippen LogP contribution in [0.4, 0.5) is 0 Å². The second-order valence-corrected chi connectivity index (χ2v) is 8.27. The molecule has 0 aliphatic carbocycles. The number of benzene rings is 1. The number of hydrazine groups is 1. The van der Waals surface area contributed by atoms with Gasteiger partial charge in [0.05, 0.1) is 10.6 Å². The third-order valence-corrected chi connectivity index (χ3v) is 6.99. The molecule has 0 bridgehead atoms. The molecule has 6 heteroatoms. The van der Waals surface area contributed by atoms with Crippen LogP contribution >= 0.6 is 39.3 Å². The number of hydrogen-bond donors (Lipinski definition) is 2. The fourth-order valence-corrected chi connectivity index (χ4v) is 5.32. The van der Waals surface area contributed by atoms with E-state index in [1.807, 2.05) is 17.8 Å². The molecule has 0 amide bonds. The summed E-state index contributed by atoms with van der Waals surface area (Å²) in [4.78, 5) is 0. The number of halogens is 2. The van der Waals surface area contributed by atoms with E-state index >= 15 is 0 Å². The van der Waals surface area contributed by atoms with E-state index in [0.29, 0.717) is 5.92 Å². The van der Waals surface area contributed by atoms with Crippen molar-refractivity contribution < 1.29 is 4.74 Å². The van der Waals surface area contributed by atoms with Crippen molar-refractivity contribution in [3.05, 3.63) is 33.3 Å². The number of nitrogens with one attached hydrogen (secondary N) is 1. The lowest BCUT2D eigenvalue weighted by molar-refractivity contribution is -0.0854. The van der Waals surface area contributed by atoms with Crippen LogP contribution in [0.25, 0.3) is 0 Å². The van der Waals surface area contributed by atoms with Crippen molar-refractivity contribution >= 4 is 39.3 Å². The van der Waals surface area contributed by atoms with E-state index in [0.717, 1.165) is 41.1 Å². The Hall–Kier alpha value is 0.220. The van der Waals surface area contributed by atoms with Crippen LogP contribution in [0.2, 0.25) is 5.02 Å². The van der Waals surface area contributed by atoms with Gasteiger partial charge in [-0.3, -0.25) is 11.3 Å². The van der Waals surface area contributed by atoms with Gasteiger partial charge in [0.25, 0.3) is 0 Å². The average Bonchev–Trinajstić information content (AvgIpc) is 2.91. The zero-order chi connectivity index (χ0) is 14.9. The van der Waals surface area contributed by atoms with Crippen LogP contribution in [0.1, 0.15) is 30.9 Å². The summed E-state index contributed by atoms with van der Waals surface area (Å²) in [5, 5.41) is 0.727. The summed E-state index contributed by atoms with van der Waals surface area (Å²) in [6.45, 7) is 0.832. The van der Waals surface area contributed by atoms with Gasteiger partial charge in [-0.05, 0) is 64.6 Å². The van der Waals surface area contributed by atoms with Gasteiger partial charge < -0.3 is 4.74 Å². The molecule has 1 aromatic rings. The van der Waals surface area contributed by atoms with Gasteiger partial charge in [0.15, 0.2) is 0 Å². The van der Waals surface area contributed by atoms with Crippen LogP contribution in [0.15, 0.2) is 22.7 Å². The number of ether oxygens (including phenoxy) is 1. The Balaban J connectivity index is 1.80. The minimum absolute atomic E-state index is 0.0757. The largest absolute Gasteiger partial charge is 0.374 e. The fourth-order valence-electron chi connectivity index (χ4n) is 3.42. The smallest absolute Gasteiger partial charge is 0.0783 e. The SMILES string of the molecule is NNC(c1ccc(Cl)c(Br)c1)C1CCOC2(CCSC2)C1. The van der Waals surface area contributed by atoms with E-state index in [1.165, 1.54) is 11.3 Å². The van der Waals surface area contributed by atoms with Gasteiger partial charge in [-0.25, -0.2) is 0 Å². The first-order valence-electron chi connectivity index (χ1n) is 7.26. The van der Waals surface area contributed by atoms with Gasteiger partial charge in [-0.2, -0.15) is 11.8 Å². The molecule has 3 atom stereocenters. The second kappa shape index (κ2) is 6.77. The molecule has 0 aromatic heterocycles.